The van der Waals surface area contributed by atoms with Crippen molar-refractivity contribution in [2.75, 3.05) is 0 Å². The van der Waals surface area contributed by atoms with Gasteiger partial charge in [0, 0.05) is 6.08 Å². The van der Waals surface area contributed by atoms with Gasteiger partial charge in [0.05, 0.1) is 12.7 Å². The molecule has 1 unspecified atom stereocenters. The van der Waals surface area contributed by atoms with E-state index in [-0.39, 0.29) is 6.10 Å². The Morgan fingerprint density at radius 2 is 2.29 bits per heavy atom. The van der Waals surface area contributed by atoms with Crippen molar-refractivity contribution in [3.63, 3.8) is 0 Å². The van der Waals surface area contributed by atoms with E-state index in [9.17, 15) is 4.79 Å². The first-order valence-corrected chi connectivity index (χ1v) is 5.73. The zero-order valence-corrected chi connectivity index (χ0v) is 10.2. The predicted octanol–water partition coefficient (Wildman–Crippen LogP) is 3.10. The highest BCUT2D eigenvalue weighted by Crippen LogP contribution is 2.10. The first kappa shape index (κ1) is 13.5. The zero-order valence-electron chi connectivity index (χ0n) is 10.2. The van der Waals surface area contributed by atoms with Gasteiger partial charge in [-0.05, 0) is 36.6 Å². The lowest BCUT2D eigenvalue weighted by Crippen LogP contribution is -2.05. The third-order valence-electron chi connectivity index (χ3n) is 2.48. The van der Waals surface area contributed by atoms with Gasteiger partial charge in [0.1, 0.15) is 0 Å². The van der Waals surface area contributed by atoms with Crippen molar-refractivity contribution in [2.24, 2.45) is 0 Å². The average Bonchev–Trinajstić information content (AvgIpc) is 2.34. The number of carboxylic acids is 1. The molecule has 1 aromatic carbocycles. The maximum absolute atomic E-state index is 10.4. The summed E-state index contributed by atoms with van der Waals surface area (Å²) in [5.41, 5.74) is 1.93. The molecular formula is C14H18O3. The molecule has 0 saturated carbocycles. The molecule has 0 aliphatic carbocycles. The molecule has 0 amide bonds. The Labute approximate surface area is 102 Å². The van der Waals surface area contributed by atoms with Crippen LogP contribution in [0, 0.1) is 0 Å². The second-order valence-corrected chi connectivity index (χ2v) is 3.95. The van der Waals surface area contributed by atoms with E-state index in [1.165, 1.54) is 0 Å². The fraction of sp³-hybridized carbons (Fsp3) is 0.357. The van der Waals surface area contributed by atoms with Gasteiger partial charge in [0.25, 0.3) is 0 Å². The van der Waals surface area contributed by atoms with Crippen LogP contribution in [0.15, 0.2) is 30.3 Å². The minimum absolute atomic E-state index is 0.244. The van der Waals surface area contributed by atoms with Crippen LogP contribution in [0.4, 0.5) is 0 Å². The summed E-state index contributed by atoms with van der Waals surface area (Å²) in [5.74, 6) is -0.939. The average molecular weight is 234 g/mol. The number of carbonyl (C=O) groups is 1. The molecule has 1 aromatic rings. The molecule has 0 aliphatic rings. The second-order valence-electron chi connectivity index (χ2n) is 3.95. The molecule has 1 rings (SSSR count). The molecule has 17 heavy (non-hydrogen) atoms. The van der Waals surface area contributed by atoms with Crippen LogP contribution >= 0.6 is 0 Å². The summed E-state index contributed by atoms with van der Waals surface area (Å²) in [6, 6.07) is 7.67. The van der Waals surface area contributed by atoms with Gasteiger partial charge in [0.2, 0.25) is 0 Å². The summed E-state index contributed by atoms with van der Waals surface area (Å²) >= 11 is 0. The highest BCUT2D eigenvalue weighted by Gasteiger charge is 2.00. The Morgan fingerprint density at radius 1 is 1.53 bits per heavy atom. The second kappa shape index (κ2) is 6.86. The summed E-state index contributed by atoms with van der Waals surface area (Å²) in [4.78, 5) is 10.4. The van der Waals surface area contributed by atoms with Crippen molar-refractivity contribution in [3.05, 3.63) is 41.5 Å². The van der Waals surface area contributed by atoms with Gasteiger partial charge in [-0.3, -0.25) is 0 Å². The van der Waals surface area contributed by atoms with Gasteiger partial charge in [-0.2, -0.15) is 0 Å². The SMILES string of the molecule is CCC(C)OCc1cccc(C=CC(=O)O)c1. The number of ether oxygens (including phenoxy) is 1. The van der Waals surface area contributed by atoms with E-state index in [1.54, 1.807) is 6.08 Å². The maximum Gasteiger partial charge on any atom is 0.328 e. The molecule has 0 aliphatic heterocycles. The molecule has 0 heterocycles. The number of aliphatic carboxylic acids is 1. The van der Waals surface area contributed by atoms with E-state index in [0.29, 0.717) is 6.61 Å². The van der Waals surface area contributed by atoms with Crippen molar-refractivity contribution in [2.45, 2.75) is 33.0 Å². The van der Waals surface area contributed by atoms with Gasteiger partial charge in [-0.15, -0.1) is 0 Å². The topological polar surface area (TPSA) is 46.5 Å². The van der Waals surface area contributed by atoms with Crippen LogP contribution in [0.2, 0.25) is 0 Å². The number of rotatable bonds is 6. The molecule has 92 valence electrons. The normalized spacial score (nSPS) is 12.8. The first-order valence-electron chi connectivity index (χ1n) is 5.73. The lowest BCUT2D eigenvalue weighted by molar-refractivity contribution is -0.131. The lowest BCUT2D eigenvalue weighted by atomic mass is 10.1. The van der Waals surface area contributed by atoms with Crippen LogP contribution in [-0.4, -0.2) is 17.2 Å². The van der Waals surface area contributed by atoms with Gasteiger partial charge < -0.3 is 9.84 Å². The Hall–Kier alpha value is -1.61. The fourth-order valence-electron chi connectivity index (χ4n) is 1.31. The van der Waals surface area contributed by atoms with Crippen molar-refractivity contribution in [1.29, 1.82) is 0 Å². The molecular weight excluding hydrogens is 216 g/mol. The quantitative estimate of drug-likeness (QED) is 0.769. The summed E-state index contributed by atoms with van der Waals surface area (Å²) in [5, 5.41) is 8.54. The minimum atomic E-state index is -0.939. The Bertz CT molecular complexity index is 396. The Balaban J connectivity index is 2.62. The van der Waals surface area contributed by atoms with Crippen molar-refractivity contribution in [1.82, 2.24) is 0 Å². The van der Waals surface area contributed by atoms with Gasteiger partial charge >= 0.3 is 5.97 Å². The van der Waals surface area contributed by atoms with Crippen molar-refractivity contribution >= 4 is 12.0 Å². The van der Waals surface area contributed by atoms with Crippen LogP contribution in [0.3, 0.4) is 0 Å². The first-order chi connectivity index (χ1) is 8.11. The van der Waals surface area contributed by atoms with Crippen LogP contribution in [0.25, 0.3) is 6.08 Å². The van der Waals surface area contributed by atoms with Crippen molar-refractivity contribution in [3.8, 4) is 0 Å². The van der Waals surface area contributed by atoms with Crippen LogP contribution in [0.1, 0.15) is 31.4 Å². The third kappa shape index (κ3) is 5.31. The number of hydrogen-bond donors (Lipinski definition) is 1. The van der Waals surface area contributed by atoms with E-state index in [2.05, 4.69) is 6.92 Å². The summed E-state index contributed by atoms with van der Waals surface area (Å²) < 4.78 is 5.62. The van der Waals surface area contributed by atoms with Gasteiger partial charge in [-0.25, -0.2) is 4.79 Å². The molecule has 0 saturated heterocycles. The highest BCUT2D eigenvalue weighted by molar-refractivity contribution is 5.85. The number of carboxylic acid groups (broad SMARTS) is 1. The van der Waals surface area contributed by atoms with Crippen LogP contribution < -0.4 is 0 Å². The van der Waals surface area contributed by atoms with E-state index < -0.39 is 5.97 Å². The highest BCUT2D eigenvalue weighted by atomic mass is 16.5. The van der Waals surface area contributed by atoms with E-state index in [1.807, 2.05) is 31.2 Å². The third-order valence-corrected chi connectivity index (χ3v) is 2.48. The predicted molar refractivity (Wildman–Crippen MR) is 67.7 cm³/mol. The molecule has 3 nitrogen and oxygen atoms in total. The van der Waals surface area contributed by atoms with Crippen LogP contribution in [0.5, 0.6) is 0 Å². The number of benzene rings is 1. The van der Waals surface area contributed by atoms with Crippen LogP contribution in [-0.2, 0) is 16.1 Å². The number of hydrogen-bond acceptors (Lipinski definition) is 2. The monoisotopic (exact) mass is 234 g/mol. The minimum Gasteiger partial charge on any atom is -0.478 e. The largest absolute Gasteiger partial charge is 0.478 e. The van der Waals surface area contributed by atoms with E-state index in [4.69, 9.17) is 9.84 Å². The molecule has 1 N–H and O–H groups in total. The fourth-order valence-corrected chi connectivity index (χ4v) is 1.31. The smallest absolute Gasteiger partial charge is 0.328 e. The zero-order chi connectivity index (χ0) is 12.7. The van der Waals surface area contributed by atoms with Crippen molar-refractivity contribution < 1.29 is 14.6 Å². The summed E-state index contributed by atoms with van der Waals surface area (Å²) in [7, 11) is 0. The summed E-state index contributed by atoms with van der Waals surface area (Å²) in [6.45, 7) is 4.68. The molecule has 0 fully saturated rings. The molecule has 0 bridgehead atoms. The molecule has 0 radical (unpaired) electrons. The van der Waals surface area contributed by atoms with Gasteiger partial charge in [-0.1, -0.05) is 25.1 Å². The molecule has 0 aromatic heterocycles. The van der Waals surface area contributed by atoms with E-state index in [0.717, 1.165) is 23.6 Å². The standard InChI is InChI=1S/C14H18O3/c1-3-11(2)17-10-13-6-4-5-12(9-13)7-8-14(15)16/h4-9,11H,3,10H2,1-2H3,(H,15,16). The lowest BCUT2D eigenvalue weighted by Gasteiger charge is -2.10. The molecule has 3 heteroatoms. The van der Waals surface area contributed by atoms with Gasteiger partial charge in [0.15, 0.2) is 0 Å². The van der Waals surface area contributed by atoms with E-state index >= 15 is 0 Å². The maximum atomic E-state index is 10.4. The Kier molecular flexibility index (Phi) is 5.43. The molecule has 0 spiro atoms. The Morgan fingerprint density at radius 3 is 2.94 bits per heavy atom. The summed E-state index contributed by atoms with van der Waals surface area (Å²) in [6.07, 6.45) is 3.94. The molecule has 1 atom stereocenters.